The van der Waals surface area contributed by atoms with E-state index in [2.05, 4.69) is 75.1 Å². The lowest BCUT2D eigenvalue weighted by atomic mass is 10.0. The van der Waals surface area contributed by atoms with E-state index in [1.807, 2.05) is 44.7 Å². The van der Waals surface area contributed by atoms with E-state index in [1.165, 1.54) is 0 Å². The van der Waals surface area contributed by atoms with Gasteiger partial charge in [-0.2, -0.15) is 0 Å². The summed E-state index contributed by atoms with van der Waals surface area (Å²) in [6.45, 7) is 16.6. The molecule has 2 saturated heterocycles. The van der Waals surface area contributed by atoms with E-state index < -0.39 is 24.3 Å². The third-order valence-electron chi connectivity index (χ3n) is 11.1. The van der Waals surface area contributed by atoms with Gasteiger partial charge in [-0.05, 0) is 72.6 Å². The topological polar surface area (TPSA) is 175 Å². The van der Waals surface area contributed by atoms with Gasteiger partial charge in [-0.25, -0.2) is 19.6 Å². The first-order valence-electron chi connectivity index (χ1n) is 21.0. The molecule has 2 aliphatic rings. The summed E-state index contributed by atoms with van der Waals surface area (Å²) in [5.41, 5.74) is 5.73. The molecule has 4 aromatic rings. The van der Waals surface area contributed by atoms with Crippen molar-refractivity contribution in [2.75, 3.05) is 26.2 Å². The normalized spacial score (nSPS) is 17.4. The molecule has 0 aliphatic carbocycles. The van der Waals surface area contributed by atoms with Crippen LogP contribution in [0, 0.1) is 11.8 Å². The van der Waals surface area contributed by atoms with Crippen LogP contribution >= 0.6 is 0 Å². The lowest BCUT2D eigenvalue weighted by molar-refractivity contribution is -0.143. The lowest BCUT2D eigenvalue weighted by Crippen LogP contribution is -2.51. The zero-order valence-corrected chi connectivity index (χ0v) is 35.1. The molecule has 0 bridgehead atoms. The van der Waals surface area contributed by atoms with E-state index in [0.717, 1.165) is 59.3 Å². The van der Waals surface area contributed by atoms with Crippen molar-refractivity contribution in [3.8, 4) is 33.6 Å². The number of carbonyl (C=O) groups is 4. The number of likely N-dealkylation sites (tertiary alicyclic amines) is 2. The van der Waals surface area contributed by atoms with E-state index in [1.54, 1.807) is 29.4 Å². The molecule has 2 aromatic carbocycles. The Kier molecular flexibility index (Phi) is 14.6. The highest BCUT2D eigenvalue weighted by Gasteiger charge is 2.39. The average molecular weight is 819 g/mol. The van der Waals surface area contributed by atoms with Gasteiger partial charge < -0.3 is 39.9 Å². The van der Waals surface area contributed by atoms with E-state index in [-0.39, 0.29) is 42.3 Å². The summed E-state index contributed by atoms with van der Waals surface area (Å²) in [4.78, 5) is 72.2. The predicted molar refractivity (Wildman–Crippen MR) is 230 cm³/mol. The Morgan fingerprint density at radius 1 is 0.733 bits per heavy atom. The highest BCUT2D eigenvalue weighted by atomic mass is 16.6. The second-order valence-corrected chi connectivity index (χ2v) is 16.1. The Labute approximate surface area is 352 Å². The zero-order valence-electron chi connectivity index (χ0n) is 35.1. The Bertz CT molecular complexity index is 1960. The van der Waals surface area contributed by atoms with E-state index >= 15 is 0 Å². The van der Waals surface area contributed by atoms with Crippen LogP contribution in [0.25, 0.3) is 33.6 Å². The second kappa shape index (κ2) is 20.2. The van der Waals surface area contributed by atoms with Gasteiger partial charge in [0.15, 0.2) is 6.10 Å². The quantitative estimate of drug-likeness (QED) is 0.0611. The van der Waals surface area contributed by atoms with Crippen molar-refractivity contribution in [3.63, 3.8) is 0 Å². The summed E-state index contributed by atoms with van der Waals surface area (Å²) in [6.07, 6.45) is 9.21. The Balaban J connectivity index is 1.07. The summed E-state index contributed by atoms with van der Waals surface area (Å²) in [7, 11) is 0. The van der Waals surface area contributed by atoms with Gasteiger partial charge in [-0.1, -0.05) is 88.4 Å². The van der Waals surface area contributed by atoms with Gasteiger partial charge in [0.2, 0.25) is 5.91 Å². The fourth-order valence-electron chi connectivity index (χ4n) is 7.78. The lowest BCUT2D eigenvalue weighted by Gasteiger charge is -2.30. The third kappa shape index (κ3) is 10.3. The molecule has 6 rings (SSSR count). The molecule has 60 heavy (non-hydrogen) atoms. The van der Waals surface area contributed by atoms with Crippen LogP contribution in [0.15, 0.2) is 86.2 Å². The molecule has 4 N–H and O–H groups in total. The zero-order chi connectivity index (χ0) is 42.8. The highest BCUT2D eigenvalue weighted by Crippen LogP contribution is 2.35. The average Bonchev–Trinajstić information content (AvgIpc) is 4.09. The highest BCUT2D eigenvalue weighted by molar-refractivity contribution is 5.87. The minimum absolute atomic E-state index is 0.127. The summed E-state index contributed by atoms with van der Waals surface area (Å²) >= 11 is 0. The number of nitrogens with zero attached hydrogens (tertiary/aromatic N) is 4. The largest absolute Gasteiger partial charge is 0.449 e. The number of carbonyl (C=O) groups excluding carboxylic acids is 4. The first kappa shape index (κ1) is 43.4. The number of H-pyrrole nitrogens is 2. The Morgan fingerprint density at radius 2 is 1.23 bits per heavy atom. The van der Waals surface area contributed by atoms with Crippen LogP contribution in [0.3, 0.4) is 0 Å². The maximum absolute atomic E-state index is 13.7. The number of nitrogens with one attached hydrogen (secondary N) is 4. The molecule has 0 radical (unpaired) electrons. The maximum atomic E-state index is 13.7. The van der Waals surface area contributed by atoms with Gasteiger partial charge in [-0.15, -0.1) is 13.2 Å². The molecule has 4 heterocycles. The standard InChI is InChI=1S/C46H58N8O6/c1-7-9-23-47-45(57)60-40(30(5)6)44(56)54-25-12-14-38(54)42-49-28-36(51-42)34-21-17-32(18-22-34)31-15-19-33(20-16-31)35-27-48-41(50-35)37-13-11-24-53(37)43(55)39(29(3)4)52-46(58)59-26-10-8-2/h7-8,15-22,27-30,37-40H,1-2,9-14,23-26H2,3-6H3,(H,47,57)(H,48,50)(H,49,51)(H,52,58)/t37-,38-,39-,40-/m0/s1. The Hall–Kier alpha value is -6.18. The number of aromatic amines is 2. The van der Waals surface area contributed by atoms with Crippen LogP contribution in [-0.4, -0.2) is 92.1 Å². The van der Waals surface area contributed by atoms with Crippen LogP contribution in [0.4, 0.5) is 9.59 Å². The first-order valence-corrected chi connectivity index (χ1v) is 21.0. The number of rotatable bonds is 17. The van der Waals surface area contributed by atoms with Crippen molar-refractivity contribution in [1.82, 2.24) is 40.4 Å². The van der Waals surface area contributed by atoms with Crippen LogP contribution in [0.1, 0.15) is 90.0 Å². The molecular formula is C46H58N8O6. The number of imidazole rings is 2. The van der Waals surface area contributed by atoms with Gasteiger partial charge in [0.05, 0.1) is 42.5 Å². The van der Waals surface area contributed by atoms with Crippen molar-refractivity contribution >= 4 is 24.0 Å². The van der Waals surface area contributed by atoms with Crippen LogP contribution in [0.2, 0.25) is 0 Å². The van der Waals surface area contributed by atoms with Gasteiger partial charge in [0.25, 0.3) is 5.91 Å². The van der Waals surface area contributed by atoms with Gasteiger partial charge in [0, 0.05) is 19.6 Å². The Morgan fingerprint density at radius 3 is 1.72 bits per heavy atom. The summed E-state index contributed by atoms with van der Waals surface area (Å²) in [6, 6.07) is 15.3. The molecule has 4 amide bonds. The van der Waals surface area contributed by atoms with E-state index in [0.29, 0.717) is 44.1 Å². The fourth-order valence-corrected chi connectivity index (χ4v) is 7.78. The first-order chi connectivity index (χ1) is 29.0. The van der Waals surface area contributed by atoms with Crippen LogP contribution in [0.5, 0.6) is 0 Å². The molecular weight excluding hydrogens is 761 g/mol. The fraction of sp³-hybridized carbons (Fsp3) is 0.435. The third-order valence-corrected chi connectivity index (χ3v) is 11.1. The molecule has 0 unspecified atom stereocenters. The van der Waals surface area contributed by atoms with Crippen molar-refractivity contribution in [2.24, 2.45) is 11.8 Å². The molecule has 0 spiro atoms. The number of aromatic nitrogens is 4. The minimum atomic E-state index is -0.901. The predicted octanol–water partition coefficient (Wildman–Crippen LogP) is 8.11. The number of amides is 4. The van der Waals surface area contributed by atoms with Crippen molar-refractivity contribution < 1.29 is 28.7 Å². The summed E-state index contributed by atoms with van der Waals surface area (Å²) in [5, 5.41) is 5.45. The van der Waals surface area contributed by atoms with Gasteiger partial charge in [-0.3, -0.25) is 9.59 Å². The molecule has 14 heteroatoms. The monoisotopic (exact) mass is 818 g/mol. The summed E-state index contributed by atoms with van der Waals surface area (Å²) in [5.74, 6) is 0.733. The number of alkyl carbamates (subject to hydrolysis) is 2. The van der Waals surface area contributed by atoms with E-state index in [9.17, 15) is 19.2 Å². The molecule has 0 saturated carbocycles. The second-order valence-electron chi connectivity index (χ2n) is 16.1. The summed E-state index contributed by atoms with van der Waals surface area (Å²) < 4.78 is 10.8. The number of hydrogen-bond acceptors (Lipinski definition) is 8. The van der Waals surface area contributed by atoms with Gasteiger partial charge >= 0.3 is 12.2 Å². The molecule has 2 aliphatic heterocycles. The smallest absolute Gasteiger partial charge is 0.407 e. The number of hydrogen-bond donors (Lipinski definition) is 4. The SMILES string of the molecule is C=CCCNC(=O)O[C@H](C(=O)N1CCC[C@H]1c1ncc(-c2ccc(-c3ccc(-c4cnc([C@@H]5CCCN5C(=O)[C@@H](NC(=O)OCCC=C)C(C)C)[nH]4)cc3)cc2)[nH]1)C(C)C. The number of benzene rings is 2. The van der Waals surface area contributed by atoms with Crippen molar-refractivity contribution in [2.45, 2.75) is 90.4 Å². The minimum Gasteiger partial charge on any atom is -0.449 e. The van der Waals surface area contributed by atoms with Crippen molar-refractivity contribution in [3.05, 3.63) is 97.9 Å². The maximum Gasteiger partial charge on any atom is 0.407 e. The van der Waals surface area contributed by atoms with Gasteiger partial charge in [0.1, 0.15) is 17.7 Å². The molecule has 14 nitrogen and oxygen atoms in total. The van der Waals surface area contributed by atoms with Crippen LogP contribution < -0.4 is 10.6 Å². The van der Waals surface area contributed by atoms with Crippen molar-refractivity contribution in [1.29, 1.82) is 0 Å². The molecule has 2 aromatic heterocycles. The molecule has 4 atom stereocenters. The van der Waals surface area contributed by atoms with E-state index in [4.69, 9.17) is 14.5 Å². The number of ether oxygens (including phenoxy) is 2. The van der Waals surface area contributed by atoms with Crippen LogP contribution in [-0.2, 0) is 19.1 Å². The molecule has 2 fully saturated rings. The molecule has 318 valence electrons.